The molecule has 0 bridgehead atoms. The minimum Gasteiger partial charge on any atom is -0.478 e. The van der Waals surface area contributed by atoms with Crippen molar-refractivity contribution in [2.75, 3.05) is 25.0 Å². The summed E-state index contributed by atoms with van der Waals surface area (Å²) in [7, 11) is 0. The van der Waals surface area contributed by atoms with Crippen molar-refractivity contribution in [2.24, 2.45) is 11.8 Å². The number of piperidine rings is 1. The van der Waals surface area contributed by atoms with Gasteiger partial charge in [0.2, 0.25) is 5.88 Å². The molecule has 2 atom stereocenters. The lowest BCUT2D eigenvalue weighted by atomic mass is 10.4. The van der Waals surface area contributed by atoms with Crippen molar-refractivity contribution in [3.63, 3.8) is 0 Å². The molecule has 2 aliphatic rings. The number of fused-ring (bicyclic) bond motifs is 1. The first-order chi connectivity index (χ1) is 7.88. The van der Waals surface area contributed by atoms with Gasteiger partial charge in [-0.1, -0.05) is 6.07 Å². The van der Waals surface area contributed by atoms with Crippen LogP contribution in [-0.2, 0) is 0 Å². The van der Waals surface area contributed by atoms with Gasteiger partial charge in [-0.15, -0.1) is 0 Å². The Balaban J connectivity index is 1.64. The average molecular weight is 219 g/mol. The van der Waals surface area contributed by atoms with E-state index in [1.807, 2.05) is 25.1 Å². The van der Waals surface area contributed by atoms with Crippen LogP contribution in [0.1, 0.15) is 6.92 Å². The third kappa shape index (κ3) is 1.73. The number of anilines is 1. The van der Waals surface area contributed by atoms with Crippen LogP contribution in [0, 0.1) is 11.8 Å². The summed E-state index contributed by atoms with van der Waals surface area (Å²) < 4.78 is 5.38. The zero-order valence-corrected chi connectivity index (χ0v) is 9.44. The van der Waals surface area contributed by atoms with E-state index in [0.29, 0.717) is 18.5 Å². The van der Waals surface area contributed by atoms with Gasteiger partial charge in [-0.2, -0.15) is 4.98 Å². The molecule has 0 aromatic carbocycles. The quantitative estimate of drug-likeness (QED) is 0.796. The molecule has 2 heterocycles. The van der Waals surface area contributed by atoms with Crippen LogP contribution in [-0.4, -0.2) is 30.7 Å². The van der Waals surface area contributed by atoms with Gasteiger partial charge < -0.3 is 15.4 Å². The summed E-state index contributed by atoms with van der Waals surface area (Å²) in [5.74, 6) is 3.25. The minimum atomic E-state index is 0.616. The van der Waals surface area contributed by atoms with Crippen LogP contribution in [0.3, 0.4) is 0 Å². The fourth-order valence-electron chi connectivity index (χ4n) is 2.53. The molecule has 3 rings (SSSR count). The highest BCUT2D eigenvalue weighted by atomic mass is 16.5. The maximum atomic E-state index is 5.38. The molecule has 16 heavy (non-hydrogen) atoms. The first-order valence-corrected chi connectivity index (χ1v) is 5.95. The monoisotopic (exact) mass is 219 g/mol. The fraction of sp³-hybridized carbons (Fsp3) is 0.583. The number of nitrogens with zero attached hydrogens (tertiary/aromatic N) is 1. The van der Waals surface area contributed by atoms with Gasteiger partial charge in [0.1, 0.15) is 5.82 Å². The van der Waals surface area contributed by atoms with Gasteiger partial charge in [-0.3, -0.25) is 0 Å². The Morgan fingerprint density at radius 3 is 3.00 bits per heavy atom. The van der Waals surface area contributed by atoms with Gasteiger partial charge in [0.05, 0.1) is 6.61 Å². The molecule has 2 fully saturated rings. The van der Waals surface area contributed by atoms with Crippen molar-refractivity contribution in [1.82, 2.24) is 10.3 Å². The Bertz CT molecular complexity index is 372. The van der Waals surface area contributed by atoms with Crippen LogP contribution >= 0.6 is 0 Å². The molecule has 1 aliphatic carbocycles. The summed E-state index contributed by atoms with van der Waals surface area (Å²) in [4.78, 5) is 4.42. The molecule has 1 aliphatic heterocycles. The summed E-state index contributed by atoms with van der Waals surface area (Å²) in [6, 6.07) is 6.50. The maximum Gasteiger partial charge on any atom is 0.215 e. The van der Waals surface area contributed by atoms with E-state index in [-0.39, 0.29) is 0 Å². The first-order valence-electron chi connectivity index (χ1n) is 5.95. The molecule has 4 heteroatoms. The molecule has 0 spiro atoms. The van der Waals surface area contributed by atoms with Gasteiger partial charge in [0.15, 0.2) is 0 Å². The van der Waals surface area contributed by atoms with Gasteiger partial charge in [-0.25, -0.2) is 0 Å². The van der Waals surface area contributed by atoms with Crippen molar-refractivity contribution >= 4 is 5.82 Å². The highest BCUT2D eigenvalue weighted by Gasteiger charge is 2.53. The second kappa shape index (κ2) is 3.94. The van der Waals surface area contributed by atoms with E-state index in [4.69, 9.17) is 4.74 Å². The number of hydrogen-bond acceptors (Lipinski definition) is 4. The highest BCUT2D eigenvalue weighted by molar-refractivity contribution is 5.41. The molecule has 0 amide bonds. The Morgan fingerprint density at radius 1 is 1.44 bits per heavy atom. The lowest BCUT2D eigenvalue weighted by Gasteiger charge is -2.09. The Labute approximate surface area is 95.4 Å². The summed E-state index contributed by atoms with van der Waals surface area (Å²) >= 11 is 0. The van der Waals surface area contributed by atoms with Gasteiger partial charge >= 0.3 is 0 Å². The standard InChI is InChI=1S/C12H17N3O/c1-2-16-11-5-3-4-10(14-11)15-12-8-6-13-7-9(8)12/h3-5,8-9,12-13H,2,6-7H2,1H3,(H,14,15). The van der Waals surface area contributed by atoms with E-state index < -0.39 is 0 Å². The fourth-order valence-corrected chi connectivity index (χ4v) is 2.53. The number of pyridine rings is 1. The predicted molar refractivity (Wildman–Crippen MR) is 62.7 cm³/mol. The Morgan fingerprint density at radius 2 is 2.25 bits per heavy atom. The lowest BCUT2D eigenvalue weighted by molar-refractivity contribution is 0.327. The van der Waals surface area contributed by atoms with Crippen LogP contribution in [0.2, 0.25) is 0 Å². The molecule has 86 valence electrons. The molecule has 1 saturated heterocycles. The molecule has 1 aromatic rings. The Kier molecular flexibility index (Phi) is 2.44. The second-order valence-corrected chi connectivity index (χ2v) is 4.45. The lowest BCUT2D eigenvalue weighted by Crippen LogP contribution is -2.21. The SMILES string of the molecule is CCOc1cccc(NC2C3CNCC32)n1. The van der Waals surface area contributed by atoms with Crippen molar-refractivity contribution < 1.29 is 4.74 Å². The van der Waals surface area contributed by atoms with E-state index in [0.717, 1.165) is 30.7 Å². The van der Waals surface area contributed by atoms with E-state index in [9.17, 15) is 0 Å². The van der Waals surface area contributed by atoms with Crippen LogP contribution in [0.15, 0.2) is 18.2 Å². The topological polar surface area (TPSA) is 46.2 Å². The van der Waals surface area contributed by atoms with Gasteiger partial charge in [0.25, 0.3) is 0 Å². The van der Waals surface area contributed by atoms with Crippen molar-refractivity contribution in [3.05, 3.63) is 18.2 Å². The van der Waals surface area contributed by atoms with E-state index in [1.165, 1.54) is 0 Å². The third-order valence-corrected chi connectivity index (χ3v) is 3.42. The summed E-state index contributed by atoms with van der Waals surface area (Å²) in [5, 5.41) is 6.87. The molecule has 4 nitrogen and oxygen atoms in total. The van der Waals surface area contributed by atoms with Crippen LogP contribution in [0.4, 0.5) is 5.82 Å². The summed E-state index contributed by atoms with van der Waals surface area (Å²) in [5.41, 5.74) is 0. The third-order valence-electron chi connectivity index (χ3n) is 3.42. The molecular formula is C12H17N3O. The van der Waals surface area contributed by atoms with Crippen molar-refractivity contribution in [2.45, 2.75) is 13.0 Å². The van der Waals surface area contributed by atoms with Gasteiger partial charge in [-0.05, 0) is 24.8 Å². The number of aromatic nitrogens is 1. The normalized spacial score (nSPS) is 30.9. The van der Waals surface area contributed by atoms with Crippen LogP contribution < -0.4 is 15.4 Å². The van der Waals surface area contributed by atoms with E-state index in [1.54, 1.807) is 0 Å². The maximum absolute atomic E-state index is 5.38. The second-order valence-electron chi connectivity index (χ2n) is 4.45. The van der Waals surface area contributed by atoms with Crippen molar-refractivity contribution in [1.29, 1.82) is 0 Å². The van der Waals surface area contributed by atoms with Gasteiger partial charge in [0, 0.05) is 25.2 Å². The largest absolute Gasteiger partial charge is 0.478 e. The molecule has 2 N–H and O–H groups in total. The molecule has 1 aromatic heterocycles. The first kappa shape index (κ1) is 9.90. The zero-order valence-electron chi connectivity index (χ0n) is 9.44. The van der Waals surface area contributed by atoms with Crippen molar-refractivity contribution in [3.8, 4) is 5.88 Å². The number of rotatable bonds is 4. The molecule has 2 unspecified atom stereocenters. The molecular weight excluding hydrogens is 202 g/mol. The highest BCUT2D eigenvalue weighted by Crippen LogP contribution is 2.43. The minimum absolute atomic E-state index is 0.616. The smallest absolute Gasteiger partial charge is 0.215 e. The Hall–Kier alpha value is -1.29. The predicted octanol–water partition coefficient (Wildman–Crippen LogP) is 1.11. The summed E-state index contributed by atoms with van der Waals surface area (Å²) in [6.07, 6.45) is 0. The van der Waals surface area contributed by atoms with Crippen LogP contribution in [0.5, 0.6) is 5.88 Å². The molecule has 0 radical (unpaired) electrons. The van der Waals surface area contributed by atoms with E-state index >= 15 is 0 Å². The zero-order chi connectivity index (χ0) is 11.0. The average Bonchev–Trinajstić information content (AvgIpc) is 2.75. The molecule has 1 saturated carbocycles. The van der Waals surface area contributed by atoms with Crippen LogP contribution in [0.25, 0.3) is 0 Å². The number of nitrogens with one attached hydrogen (secondary N) is 2. The van der Waals surface area contributed by atoms with E-state index in [2.05, 4.69) is 15.6 Å². The number of ether oxygens (including phenoxy) is 1. The number of hydrogen-bond donors (Lipinski definition) is 2. The summed E-state index contributed by atoms with van der Waals surface area (Å²) in [6.45, 7) is 4.93.